The molecular weight excluding hydrogens is 374 g/mol. The molecule has 0 unspecified atom stereocenters. The van der Waals surface area contributed by atoms with Crippen LogP contribution in [0.3, 0.4) is 0 Å². The number of hydrogen-bond donors (Lipinski definition) is 1. The number of nitrogens with zero attached hydrogens (tertiary/aromatic N) is 7. The summed E-state index contributed by atoms with van der Waals surface area (Å²) in [5.74, 6) is 0.501. The Morgan fingerprint density at radius 2 is 1.97 bits per heavy atom. The van der Waals surface area contributed by atoms with Crippen LogP contribution in [0.5, 0.6) is 0 Å². The number of aromatic nitrogens is 6. The number of piperidine rings is 1. The summed E-state index contributed by atoms with van der Waals surface area (Å²) in [5, 5.41) is 13.5. The molecule has 0 bridgehead atoms. The number of carboxylic acid groups (broad SMARTS) is 1. The first kappa shape index (κ1) is 17.4. The van der Waals surface area contributed by atoms with E-state index in [-0.39, 0.29) is 11.7 Å². The van der Waals surface area contributed by atoms with Gasteiger partial charge in [-0.2, -0.15) is 5.10 Å². The van der Waals surface area contributed by atoms with Gasteiger partial charge in [0.15, 0.2) is 11.5 Å². The molecule has 1 N–H and O–H groups in total. The Morgan fingerprint density at radius 1 is 1.17 bits per heavy atom. The van der Waals surface area contributed by atoms with Crippen LogP contribution in [-0.2, 0) is 7.05 Å². The molecule has 1 fully saturated rings. The second kappa shape index (κ2) is 6.43. The zero-order valence-electron chi connectivity index (χ0n) is 15.8. The quantitative estimate of drug-likeness (QED) is 0.556. The molecule has 0 spiro atoms. The summed E-state index contributed by atoms with van der Waals surface area (Å²) in [6.45, 7) is 0.795. The molecule has 5 rings (SSSR count). The van der Waals surface area contributed by atoms with Gasteiger partial charge in [0, 0.05) is 32.4 Å². The average Bonchev–Trinajstić information content (AvgIpc) is 3.27. The monoisotopic (exact) mass is 393 g/mol. The van der Waals surface area contributed by atoms with E-state index in [0.29, 0.717) is 42.9 Å². The molecule has 29 heavy (non-hydrogen) atoms. The van der Waals surface area contributed by atoms with Crippen molar-refractivity contribution in [3.05, 3.63) is 47.3 Å². The normalized spacial score (nSPS) is 15.4. The summed E-state index contributed by atoms with van der Waals surface area (Å²) in [6.07, 6.45) is 5.45. The van der Waals surface area contributed by atoms with Gasteiger partial charge in [-0.1, -0.05) is 6.07 Å². The van der Waals surface area contributed by atoms with Crippen molar-refractivity contribution in [2.24, 2.45) is 7.05 Å². The highest BCUT2D eigenvalue weighted by Crippen LogP contribution is 2.27. The van der Waals surface area contributed by atoms with Gasteiger partial charge in [0.2, 0.25) is 0 Å². The lowest BCUT2D eigenvalue weighted by Gasteiger charge is -2.30. The molecule has 0 atom stereocenters. The SMILES string of the molecule is Cn1c(=O)n(C2CCN(C(=O)O)CC2)c2nc(-c3cnn4ccccc34)ncc21. The number of rotatable bonds is 2. The van der Waals surface area contributed by atoms with Gasteiger partial charge < -0.3 is 10.0 Å². The number of likely N-dealkylation sites (tertiary alicyclic amines) is 1. The van der Waals surface area contributed by atoms with E-state index >= 15 is 0 Å². The number of fused-ring (bicyclic) bond motifs is 2. The number of pyridine rings is 1. The van der Waals surface area contributed by atoms with Crippen molar-refractivity contribution in [1.29, 1.82) is 0 Å². The van der Waals surface area contributed by atoms with Gasteiger partial charge in [-0.15, -0.1) is 0 Å². The largest absolute Gasteiger partial charge is 0.465 e. The Hall–Kier alpha value is -3.69. The number of aryl methyl sites for hydroxylation is 1. The summed E-state index contributed by atoms with van der Waals surface area (Å²) in [4.78, 5) is 34.7. The van der Waals surface area contributed by atoms with Crippen molar-refractivity contribution in [3.8, 4) is 11.4 Å². The summed E-state index contributed by atoms with van der Waals surface area (Å²) >= 11 is 0. The minimum Gasteiger partial charge on any atom is -0.465 e. The van der Waals surface area contributed by atoms with E-state index in [1.165, 1.54) is 4.90 Å². The molecule has 5 heterocycles. The summed E-state index contributed by atoms with van der Waals surface area (Å²) < 4.78 is 4.98. The molecule has 1 aliphatic rings. The average molecular weight is 393 g/mol. The van der Waals surface area contributed by atoms with E-state index in [1.54, 1.807) is 33.1 Å². The number of imidazole rings is 1. The first-order valence-electron chi connectivity index (χ1n) is 9.39. The Balaban J connectivity index is 1.62. The van der Waals surface area contributed by atoms with Crippen LogP contribution in [-0.4, -0.2) is 57.9 Å². The number of amides is 1. The maximum Gasteiger partial charge on any atom is 0.407 e. The van der Waals surface area contributed by atoms with Crippen LogP contribution < -0.4 is 5.69 Å². The van der Waals surface area contributed by atoms with Crippen LogP contribution in [0, 0.1) is 0 Å². The molecule has 10 nitrogen and oxygen atoms in total. The fourth-order valence-electron chi connectivity index (χ4n) is 4.02. The van der Waals surface area contributed by atoms with Gasteiger partial charge in [-0.25, -0.2) is 24.1 Å². The predicted octanol–water partition coefficient (Wildman–Crippen LogP) is 1.76. The Kier molecular flexibility index (Phi) is 3.86. The minimum absolute atomic E-state index is 0.103. The predicted molar refractivity (Wildman–Crippen MR) is 105 cm³/mol. The third kappa shape index (κ3) is 2.67. The molecule has 4 aromatic rings. The lowest BCUT2D eigenvalue weighted by Crippen LogP contribution is -2.40. The molecule has 0 aromatic carbocycles. The van der Waals surface area contributed by atoms with Crippen molar-refractivity contribution in [2.45, 2.75) is 18.9 Å². The smallest absolute Gasteiger partial charge is 0.407 e. The Labute approximate surface area is 164 Å². The van der Waals surface area contributed by atoms with Crippen molar-refractivity contribution in [1.82, 2.24) is 33.6 Å². The van der Waals surface area contributed by atoms with Crippen LogP contribution in [0.25, 0.3) is 28.1 Å². The third-order valence-electron chi connectivity index (χ3n) is 5.60. The maximum absolute atomic E-state index is 12.9. The molecule has 10 heteroatoms. The van der Waals surface area contributed by atoms with E-state index in [0.717, 1.165) is 11.1 Å². The second-order valence-electron chi connectivity index (χ2n) is 7.20. The topological polar surface area (TPSA) is 111 Å². The first-order chi connectivity index (χ1) is 14.0. The van der Waals surface area contributed by atoms with E-state index < -0.39 is 6.09 Å². The van der Waals surface area contributed by atoms with Gasteiger partial charge in [-0.3, -0.25) is 9.13 Å². The van der Waals surface area contributed by atoms with Gasteiger partial charge in [-0.05, 0) is 25.0 Å². The lowest BCUT2D eigenvalue weighted by molar-refractivity contribution is 0.125. The first-order valence-corrected chi connectivity index (χ1v) is 9.39. The molecule has 1 amide bonds. The van der Waals surface area contributed by atoms with Crippen molar-refractivity contribution in [3.63, 3.8) is 0 Å². The van der Waals surface area contributed by atoms with Gasteiger partial charge in [0.05, 0.1) is 23.5 Å². The van der Waals surface area contributed by atoms with Crippen LogP contribution in [0.1, 0.15) is 18.9 Å². The summed E-state index contributed by atoms with van der Waals surface area (Å²) in [6, 6.07) is 5.66. The molecule has 1 aliphatic heterocycles. The zero-order chi connectivity index (χ0) is 20.1. The number of carbonyl (C=O) groups is 1. The second-order valence-corrected chi connectivity index (χ2v) is 7.20. The molecule has 0 aliphatic carbocycles. The van der Waals surface area contributed by atoms with Crippen molar-refractivity contribution < 1.29 is 9.90 Å². The molecule has 1 saturated heterocycles. The maximum atomic E-state index is 12.9. The highest BCUT2D eigenvalue weighted by atomic mass is 16.4. The van der Waals surface area contributed by atoms with Gasteiger partial charge >= 0.3 is 11.8 Å². The van der Waals surface area contributed by atoms with E-state index in [4.69, 9.17) is 4.98 Å². The third-order valence-corrected chi connectivity index (χ3v) is 5.60. The fourth-order valence-corrected chi connectivity index (χ4v) is 4.02. The van der Waals surface area contributed by atoms with E-state index in [9.17, 15) is 14.7 Å². The lowest BCUT2D eigenvalue weighted by atomic mass is 10.1. The van der Waals surface area contributed by atoms with E-state index in [2.05, 4.69) is 10.1 Å². The standard InChI is InChI=1S/C19H19N7O3/c1-23-15-11-20-16(13-10-21-25-7-3-2-4-14(13)25)22-17(15)26(18(23)27)12-5-8-24(9-6-12)19(28)29/h2-4,7,10-12H,5-6,8-9H2,1H3,(H,28,29). The Morgan fingerprint density at radius 3 is 2.72 bits per heavy atom. The molecule has 4 aromatic heterocycles. The molecule has 148 valence electrons. The molecular formula is C19H19N7O3. The van der Waals surface area contributed by atoms with E-state index in [1.807, 2.05) is 24.4 Å². The van der Waals surface area contributed by atoms with Crippen LogP contribution >= 0.6 is 0 Å². The fraction of sp³-hybridized carbons (Fsp3) is 0.316. The van der Waals surface area contributed by atoms with Gasteiger partial charge in [0.1, 0.15) is 5.52 Å². The van der Waals surface area contributed by atoms with Crippen molar-refractivity contribution in [2.75, 3.05) is 13.1 Å². The zero-order valence-corrected chi connectivity index (χ0v) is 15.8. The molecule has 0 saturated carbocycles. The summed E-state index contributed by atoms with van der Waals surface area (Å²) in [7, 11) is 1.70. The highest BCUT2D eigenvalue weighted by molar-refractivity contribution is 5.79. The van der Waals surface area contributed by atoms with Gasteiger partial charge in [0.25, 0.3) is 0 Å². The van der Waals surface area contributed by atoms with Crippen LogP contribution in [0.15, 0.2) is 41.6 Å². The van der Waals surface area contributed by atoms with Crippen LogP contribution in [0.2, 0.25) is 0 Å². The van der Waals surface area contributed by atoms with Crippen molar-refractivity contribution >= 4 is 22.8 Å². The Bertz CT molecular complexity index is 1290. The molecule has 0 radical (unpaired) electrons. The summed E-state index contributed by atoms with van der Waals surface area (Å²) in [5.41, 5.74) is 2.71. The minimum atomic E-state index is -0.925. The van der Waals surface area contributed by atoms with Crippen LogP contribution in [0.4, 0.5) is 4.79 Å². The highest BCUT2D eigenvalue weighted by Gasteiger charge is 2.27. The number of hydrogen-bond acceptors (Lipinski definition) is 5.